The first kappa shape index (κ1) is 16.7. The summed E-state index contributed by atoms with van der Waals surface area (Å²) in [5.74, 6) is -0.767. The minimum Gasteiger partial charge on any atom is -0.389 e. The lowest BCUT2D eigenvalue weighted by molar-refractivity contribution is -0.169. The molecule has 142 valence electrons. The summed E-state index contributed by atoms with van der Waals surface area (Å²) in [7, 11) is 2.77. The van der Waals surface area contributed by atoms with Crippen molar-refractivity contribution in [1.29, 1.82) is 0 Å². The lowest BCUT2D eigenvalue weighted by Crippen LogP contribution is -2.77. The van der Waals surface area contributed by atoms with E-state index in [0.29, 0.717) is 12.8 Å². The highest BCUT2D eigenvalue weighted by molar-refractivity contribution is 8.78. The maximum absolute atomic E-state index is 13.7. The van der Waals surface area contributed by atoms with Crippen LogP contribution in [0.4, 0.5) is 0 Å². The van der Waals surface area contributed by atoms with Gasteiger partial charge in [0.25, 0.3) is 11.8 Å². The fourth-order valence-electron chi connectivity index (χ4n) is 5.66. The van der Waals surface area contributed by atoms with Crippen LogP contribution in [-0.2, 0) is 9.59 Å². The number of carbonyl (C=O) groups is 2. The number of aliphatic hydroxyl groups is 3. The van der Waals surface area contributed by atoms with Crippen LogP contribution in [0.1, 0.15) is 12.8 Å². The molecular weight excluding hydrogens is 388 g/mol. The van der Waals surface area contributed by atoms with Crippen molar-refractivity contribution in [3.63, 3.8) is 0 Å². The molecule has 5 fully saturated rings. The molecule has 27 heavy (non-hydrogen) atoms. The molecule has 0 aromatic heterocycles. The van der Waals surface area contributed by atoms with Crippen molar-refractivity contribution in [3.05, 3.63) is 36.0 Å². The third-order valence-electron chi connectivity index (χ3n) is 6.79. The Bertz CT molecular complexity index is 874. The number of fused-ring (bicyclic) bond motifs is 3. The lowest BCUT2D eigenvalue weighted by Gasteiger charge is -2.58. The van der Waals surface area contributed by atoms with Gasteiger partial charge in [0.1, 0.15) is 0 Å². The minimum atomic E-state index is -1.14. The Hall–Kier alpha value is -1.26. The summed E-state index contributed by atoms with van der Waals surface area (Å²) in [5.41, 5.74) is 0.888. The summed E-state index contributed by atoms with van der Waals surface area (Å²) in [6, 6.07) is -1.12. The topological polar surface area (TPSA) is 101 Å². The molecule has 7 rings (SSSR count). The molecule has 0 saturated carbocycles. The smallest absolute Gasteiger partial charge is 0.262 e. The molecule has 2 bridgehead atoms. The number of nitrogens with zero attached hydrogens (tertiary/aromatic N) is 2. The van der Waals surface area contributed by atoms with Crippen molar-refractivity contribution in [2.75, 3.05) is 0 Å². The predicted octanol–water partition coefficient (Wildman–Crippen LogP) is -0.246. The van der Waals surface area contributed by atoms with Crippen molar-refractivity contribution < 1.29 is 24.9 Å². The van der Waals surface area contributed by atoms with E-state index in [4.69, 9.17) is 0 Å². The Labute approximate surface area is 163 Å². The van der Waals surface area contributed by atoms with Crippen LogP contribution in [0.15, 0.2) is 36.0 Å². The number of aliphatic hydroxyl groups excluding tert-OH is 3. The molecule has 0 radical (unpaired) electrons. The van der Waals surface area contributed by atoms with Crippen molar-refractivity contribution in [2.45, 2.75) is 53.0 Å². The number of carbonyl (C=O) groups excluding carboxylic acids is 2. The van der Waals surface area contributed by atoms with Crippen LogP contribution in [0.2, 0.25) is 0 Å². The molecule has 5 aliphatic heterocycles. The molecule has 7 aliphatic rings. The first-order chi connectivity index (χ1) is 12.9. The summed E-state index contributed by atoms with van der Waals surface area (Å²) >= 11 is 0. The zero-order chi connectivity index (χ0) is 18.7. The molecule has 3 N–H and O–H groups in total. The molecular formula is C18H18N2O5S2. The summed E-state index contributed by atoms with van der Waals surface area (Å²) in [6.45, 7) is 0. The monoisotopic (exact) mass is 406 g/mol. The van der Waals surface area contributed by atoms with E-state index >= 15 is 0 Å². The second-order valence-electron chi connectivity index (χ2n) is 8.05. The standard InChI is InChI=1S/C18H18N2O5S2/c21-10-4-5-12(23)14-9(10)7-18-16(25)19-13-8(2-1-3-11(13)22)6-17(19,26-27-18)15(24)20(14)18/h1-5,9-14,21-23H,6-7H2/t9-,10+,11+,12+,13+,14+,17-,18-/m1/s1. The van der Waals surface area contributed by atoms with Gasteiger partial charge in [0.2, 0.25) is 0 Å². The number of rotatable bonds is 0. The lowest BCUT2D eigenvalue weighted by atomic mass is 9.85. The Kier molecular flexibility index (Phi) is 3.10. The van der Waals surface area contributed by atoms with Crippen molar-refractivity contribution in [1.82, 2.24) is 9.80 Å². The van der Waals surface area contributed by atoms with Crippen LogP contribution in [0, 0.1) is 5.92 Å². The normalized spacial score (nSPS) is 51.9. The largest absolute Gasteiger partial charge is 0.389 e. The summed E-state index contributed by atoms with van der Waals surface area (Å²) in [5, 5.41) is 31.5. The first-order valence-electron chi connectivity index (χ1n) is 9.05. The average molecular weight is 406 g/mol. The fourth-order valence-corrected chi connectivity index (χ4v) is 9.44. The molecule has 5 saturated heterocycles. The highest BCUT2D eigenvalue weighted by atomic mass is 33.1. The highest BCUT2D eigenvalue weighted by Crippen LogP contribution is 2.69. The summed E-state index contributed by atoms with van der Waals surface area (Å²) in [6.07, 6.45) is 6.51. The maximum Gasteiger partial charge on any atom is 0.262 e. The number of allylic oxidation sites excluding steroid dienone is 2. The van der Waals surface area contributed by atoms with Gasteiger partial charge in [-0.25, -0.2) is 0 Å². The van der Waals surface area contributed by atoms with Crippen LogP contribution >= 0.6 is 21.6 Å². The molecule has 7 nitrogen and oxygen atoms in total. The van der Waals surface area contributed by atoms with E-state index in [1.54, 1.807) is 28.0 Å². The van der Waals surface area contributed by atoms with E-state index in [2.05, 4.69) is 0 Å². The van der Waals surface area contributed by atoms with Gasteiger partial charge < -0.3 is 25.1 Å². The van der Waals surface area contributed by atoms with Crippen LogP contribution in [0.3, 0.4) is 0 Å². The maximum atomic E-state index is 13.7. The Balaban J connectivity index is 1.52. The van der Waals surface area contributed by atoms with Crippen molar-refractivity contribution in [2.24, 2.45) is 5.92 Å². The van der Waals surface area contributed by atoms with Gasteiger partial charge in [0.05, 0.1) is 30.4 Å². The molecule has 8 atom stereocenters. The first-order valence-corrected chi connectivity index (χ1v) is 11.2. The van der Waals surface area contributed by atoms with Gasteiger partial charge in [-0.05, 0) is 12.0 Å². The zero-order valence-corrected chi connectivity index (χ0v) is 15.8. The van der Waals surface area contributed by atoms with Gasteiger partial charge in [-0.2, -0.15) is 0 Å². The molecule has 2 spiro atoms. The van der Waals surface area contributed by atoms with E-state index in [0.717, 1.165) is 5.57 Å². The molecule has 0 aromatic rings. The van der Waals surface area contributed by atoms with Gasteiger partial charge in [0.15, 0.2) is 9.74 Å². The second kappa shape index (κ2) is 5.01. The van der Waals surface area contributed by atoms with E-state index in [1.807, 2.05) is 6.08 Å². The Morgan fingerprint density at radius 3 is 2.44 bits per heavy atom. The summed E-state index contributed by atoms with van der Waals surface area (Å²) < 4.78 is 0. The number of piperazine rings is 1. The average Bonchev–Trinajstić information content (AvgIpc) is 3.18. The molecule has 9 heteroatoms. The number of amides is 2. The molecule has 2 amide bonds. The molecule has 0 aromatic carbocycles. The van der Waals surface area contributed by atoms with E-state index < -0.39 is 40.1 Å². The van der Waals surface area contributed by atoms with Crippen LogP contribution < -0.4 is 0 Å². The third kappa shape index (κ3) is 1.70. The highest BCUT2D eigenvalue weighted by Gasteiger charge is 2.78. The van der Waals surface area contributed by atoms with Crippen LogP contribution in [-0.4, -0.2) is 77.1 Å². The number of hydrogen-bond donors (Lipinski definition) is 3. The van der Waals surface area contributed by atoms with Gasteiger partial charge in [-0.3, -0.25) is 9.59 Å². The quantitative estimate of drug-likeness (QED) is 0.377. The second-order valence-corrected chi connectivity index (χ2v) is 10.7. The zero-order valence-electron chi connectivity index (χ0n) is 14.1. The summed E-state index contributed by atoms with van der Waals surface area (Å²) in [4.78, 5) is 28.4. The van der Waals surface area contributed by atoms with Crippen LogP contribution in [0.25, 0.3) is 0 Å². The molecule has 5 heterocycles. The fraction of sp³-hybridized carbons (Fsp3) is 0.556. The molecule has 2 aliphatic carbocycles. The number of hydrogen-bond acceptors (Lipinski definition) is 7. The van der Waals surface area contributed by atoms with Crippen molar-refractivity contribution >= 4 is 33.4 Å². The third-order valence-corrected chi connectivity index (χ3v) is 10.4. The predicted molar refractivity (Wildman–Crippen MR) is 99.0 cm³/mol. The Morgan fingerprint density at radius 2 is 1.63 bits per heavy atom. The van der Waals surface area contributed by atoms with Crippen molar-refractivity contribution in [3.8, 4) is 0 Å². The molecule has 0 unspecified atom stereocenters. The van der Waals surface area contributed by atoms with Gasteiger partial charge in [-0.15, -0.1) is 0 Å². The van der Waals surface area contributed by atoms with E-state index in [9.17, 15) is 24.9 Å². The van der Waals surface area contributed by atoms with Gasteiger partial charge in [-0.1, -0.05) is 52.0 Å². The minimum absolute atomic E-state index is 0.192. The Morgan fingerprint density at radius 1 is 0.926 bits per heavy atom. The van der Waals surface area contributed by atoms with Gasteiger partial charge in [0, 0.05) is 12.3 Å². The van der Waals surface area contributed by atoms with Gasteiger partial charge >= 0.3 is 0 Å². The van der Waals surface area contributed by atoms with E-state index in [-0.39, 0.29) is 17.7 Å². The van der Waals surface area contributed by atoms with Crippen LogP contribution in [0.5, 0.6) is 0 Å². The SMILES string of the molecule is O=C1N2[C@H]3C(=CC=C[C@@H]3O)C[C@]23SS[C@]12C[C@H]1[C@@H]([C@@H](O)C=C[C@@H]1O)N2C3=O. The van der Waals surface area contributed by atoms with E-state index in [1.165, 1.54) is 27.7 Å².